The highest BCUT2D eigenvalue weighted by molar-refractivity contribution is 6.34. The third-order valence-electron chi connectivity index (χ3n) is 3.68. The number of nitrogen functional groups attached to an aromatic ring is 1. The Morgan fingerprint density at radius 3 is 2.95 bits per heavy atom. The number of aromatic nitrogens is 1. The second-order valence-corrected chi connectivity index (χ2v) is 5.39. The van der Waals surface area contributed by atoms with Crippen LogP contribution in [-0.2, 0) is 11.3 Å². The van der Waals surface area contributed by atoms with Crippen molar-refractivity contribution >= 4 is 34.0 Å². The summed E-state index contributed by atoms with van der Waals surface area (Å²) in [5.41, 5.74) is 13.3. The molecule has 2 aromatic rings. The van der Waals surface area contributed by atoms with Crippen molar-refractivity contribution in [2.24, 2.45) is 5.73 Å². The van der Waals surface area contributed by atoms with E-state index < -0.39 is 0 Å². The minimum absolute atomic E-state index is 0.0261. The summed E-state index contributed by atoms with van der Waals surface area (Å²) in [6.07, 6.45) is 2.33. The van der Waals surface area contributed by atoms with Gasteiger partial charge < -0.3 is 16.4 Å². The van der Waals surface area contributed by atoms with Crippen LogP contribution in [0.25, 0.3) is 10.8 Å². The van der Waals surface area contributed by atoms with Crippen LogP contribution in [0.15, 0.2) is 24.4 Å². The first-order chi connectivity index (χ1) is 9.56. The van der Waals surface area contributed by atoms with Gasteiger partial charge in [-0.1, -0.05) is 11.6 Å². The van der Waals surface area contributed by atoms with Crippen LogP contribution in [0.2, 0.25) is 5.15 Å². The van der Waals surface area contributed by atoms with Gasteiger partial charge in [0.1, 0.15) is 5.15 Å². The summed E-state index contributed by atoms with van der Waals surface area (Å²) in [5, 5.41) is 2.22. The van der Waals surface area contributed by atoms with Crippen LogP contribution in [0.3, 0.4) is 0 Å². The average molecular weight is 291 g/mol. The summed E-state index contributed by atoms with van der Waals surface area (Å²) < 4.78 is 0. The molecule has 1 atom stereocenters. The summed E-state index contributed by atoms with van der Waals surface area (Å²) in [4.78, 5) is 17.7. The molecule has 0 aliphatic carbocycles. The van der Waals surface area contributed by atoms with Gasteiger partial charge in [-0.25, -0.2) is 4.98 Å². The number of halogens is 1. The number of hydrogen-bond acceptors (Lipinski definition) is 4. The molecule has 1 amide bonds. The Morgan fingerprint density at radius 2 is 2.25 bits per heavy atom. The number of likely N-dealkylation sites (tertiary alicyclic amines) is 1. The number of carbonyl (C=O) groups excluding carboxylic acids is 1. The zero-order chi connectivity index (χ0) is 14.3. The van der Waals surface area contributed by atoms with Crippen molar-refractivity contribution in [2.75, 3.05) is 12.3 Å². The summed E-state index contributed by atoms with van der Waals surface area (Å²) in [7, 11) is 0. The zero-order valence-corrected chi connectivity index (χ0v) is 11.6. The SMILES string of the molecule is Nc1cc2ccnc(Cl)c2cc1CN1CC[C@H](N)C1=O. The fourth-order valence-electron chi connectivity index (χ4n) is 2.51. The van der Waals surface area contributed by atoms with Gasteiger partial charge in [0.15, 0.2) is 0 Å². The van der Waals surface area contributed by atoms with Crippen molar-refractivity contribution in [2.45, 2.75) is 19.0 Å². The van der Waals surface area contributed by atoms with E-state index in [1.165, 1.54) is 0 Å². The molecule has 3 rings (SSSR count). The van der Waals surface area contributed by atoms with E-state index in [1.807, 2.05) is 18.2 Å². The standard InChI is InChI=1S/C14H15ClN4O/c15-13-10-5-9(7-19-4-2-11(16)14(19)20)12(17)6-8(10)1-3-18-13/h1,3,5-6,11H,2,4,7,16-17H2/t11-/m0/s1. The molecular formula is C14H15ClN4O. The monoisotopic (exact) mass is 290 g/mol. The van der Waals surface area contributed by atoms with Crippen LogP contribution in [0.4, 0.5) is 5.69 Å². The summed E-state index contributed by atoms with van der Waals surface area (Å²) in [6, 6.07) is 5.23. The van der Waals surface area contributed by atoms with Crippen LogP contribution < -0.4 is 11.5 Å². The predicted molar refractivity (Wildman–Crippen MR) is 79.2 cm³/mol. The van der Waals surface area contributed by atoms with Crippen LogP contribution in [-0.4, -0.2) is 28.4 Å². The smallest absolute Gasteiger partial charge is 0.239 e. The van der Waals surface area contributed by atoms with E-state index in [0.29, 0.717) is 30.4 Å². The molecule has 1 fully saturated rings. The Labute approximate surface area is 121 Å². The largest absolute Gasteiger partial charge is 0.398 e. The average Bonchev–Trinajstić information content (AvgIpc) is 2.72. The van der Waals surface area contributed by atoms with Gasteiger partial charge >= 0.3 is 0 Å². The number of amides is 1. The third-order valence-corrected chi connectivity index (χ3v) is 3.98. The first-order valence-corrected chi connectivity index (χ1v) is 6.81. The Morgan fingerprint density at radius 1 is 1.45 bits per heavy atom. The molecule has 1 aliphatic heterocycles. The highest BCUT2D eigenvalue weighted by Crippen LogP contribution is 2.27. The Balaban J connectivity index is 1.97. The summed E-state index contributed by atoms with van der Waals surface area (Å²) >= 11 is 6.10. The van der Waals surface area contributed by atoms with Gasteiger partial charge in [-0.3, -0.25) is 4.79 Å². The summed E-state index contributed by atoms with van der Waals surface area (Å²) in [6.45, 7) is 1.12. The van der Waals surface area contributed by atoms with Crippen molar-refractivity contribution in [3.8, 4) is 0 Å². The van der Waals surface area contributed by atoms with Gasteiger partial charge in [0, 0.05) is 30.4 Å². The Bertz CT molecular complexity index is 688. The van der Waals surface area contributed by atoms with Gasteiger partial charge in [0.25, 0.3) is 0 Å². The van der Waals surface area contributed by atoms with Crippen molar-refractivity contribution in [3.05, 3.63) is 35.1 Å². The van der Waals surface area contributed by atoms with E-state index in [9.17, 15) is 4.79 Å². The molecule has 0 spiro atoms. The molecule has 1 saturated heterocycles. The van der Waals surface area contributed by atoms with Gasteiger partial charge in [0.2, 0.25) is 5.91 Å². The van der Waals surface area contributed by atoms with E-state index >= 15 is 0 Å². The van der Waals surface area contributed by atoms with E-state index in [1.54, 1.807) is 11.1 Å². The van der Waals surface area contributed by atoms with Crippen molar-refractivity contribution in [3.63, 3.8) is 0 Å². The van der Waals surface area contributed by atoms with Crippen LogP contribution in [0, 0.1) is 0 Å². The molecule has 0 radical (unpaired) electrons. The van der Waals surface area contributed by atoms with Gasteiger partial charge in [0.05, 0.1) is 6.04 Å². The molecule has 104 valence electrons. The lowest BCUT2D eigenvalue weighted by molar-refractivity contribution is -0.129. The highest BCUT2D eigenvalue weighted by atomic mass is 35.5. The molecule has 1 aromatic carbocycles. The minimum Gasteiger partial charge on any atom is -0.398 e. The number of nitrogens with zero attached hydrogens (tertiary/aromatic N) is 2. The second kappa shape index (κ2) is 4.92. The second-order valence-electron chi connectivity index (χ2n) is 5.03. The molecule has 6 heteroatoms. The van der Waals surface area contributed by atoms with Gasteiger partial charge in [-0.15, -0.1) is 0 Å². The fourth-order valence-corrected chi connectivity index (χ4v) is 2.73. The third kappa shape index (κ3) is 2.19. The molecule has 2 heterocycles. The number of hydrogen-bond donors (Lipinski definition) is 2. The predicted octanol–water partition coefficient (Wildman–Crippen LogP) is 1.53. The van der Waals surface area contributed by atoms with E-state index in [4.69, 9.17) is 23.1 Å². The number of fused-ring (bicyclic) bond motifs is 1. The van der Waals surface area contributed by atoms with Crippen molar-refractivity contribution in [1.29, 1.82) is 0 Å². The first kappa shape index (κ1) is 13.1. The molecular weight excluding hydrogens is 276 g/mol. The van der Waals surface area contributed by atoms with E-state index in [0.717, 1.165) is 16.3 Å². The molecule has 5 nitrogen and oxygen atoms in total. The van der Waals surface area contributed by atoms with Crippen LogP contribution in [0.5, 0.6) is 0 Å². The molecule has 4 N–H and O–H groups in total. The lowest BCUT2D eigenvalue weighted by atomic mass is 10.1. The quantitative estimate of drug-likeness (QED) is 0.649. The molecule has 20 heavy (non-hydrogen) atoms. The maximum atomic E-state index is 11.9. The van der Waals surface area contributed by atoms with Crippen molar-refractivity contribution < 1.29 is 4.79 Å². The van der Waals surface area contributed by atoms with Crippen LogP contribution in [0.1, 0.15) is 12.0 Å². The fraction of sp³-hybridized carbons (Fsp3) is 0.286. The minimum atomic E-state index is -0.387. The van der Waals surface area contributed by atoms with Crippen molar-refractivity contribution in [1.82, 2.24) is 9.88 Å². The lowest BCUT2D eigenvalue weighted by Crippen LogP contribution is -2.33. The normalized spacial score (nSPS) is 19.0. The van der Waals surface area contributed by atoms with E-state index in [2.05, 4.69) is 4.98 Å². The maximum absolute atomic E-state index is 11.9. The topological polar surface area (TPSA) is 85.2 Å². The number of pyridine rings is 1. The molecule has 0 saturated carbocycles. The molecule has 0 bridgehead atoms. The summed E-state index contributed by atoms with van der Waals surface area (Å²) in [5.74, 6) is -0.0261. The number of nitrogens with two attached hydrogens (primary N) is 2. The first-order valence-electron chi connectivity index (χ1n) is 6.43. The van der Waals surface area contributed by atoms with E-state index in [-0.39, 0.29) is 11.9 Å². The number of carbonyl (C=O) groups is 1. The Hall–Kier alpha value is -1.85. The highest BCUT2D eigenvalue weighted by Gasteiger charge is 2.28. The lowest BCUT2D eigenvalue weighted by Gasteiger charge is -2.18. The number of anilines is 1. The number of benzene rings is 1. The zero-order valence-electron chi connectivity index (χ0n) is 10.8. The molecule has 0 unspecified atom stereocenters. The van der Waals surface area contributed by atoms with Gasteiger partial charge in [-0.05, 0) is 35.6 Å². The van der Waals surface area contributed by atoms with Crippen LogP contribution >= 0.6 is 11.6 Å². The number of rotatable bonds is 2. The molecule has 1 aliphatic rings. The molecule has 1 aromatic heterocycles. The maximum Gasteiger partial charge on any atom is 0.239 e. The Kier molecular flexibility index (Phi) is 3.23. The van der Waals surface area contributed by atoms with Gasteiger partial charge in [-0.2, -0.15) is 0 Å².